The first kappa shape index (κ1) is 18.1. The first-order valence-electron chi connectivity index (χ1n) is 9.74. The highest BCUT2D eigenvalue weighted by molar-refractivity contribution is 5.95. The summed E-state index contributed by atoms with van der Waals surface area (Å²) in [6, 6.07) is 0. The Labute approximate surface area is 150 Å². The first-order valence-corrected chi connectivity index (χ1v) is 9.74. The molecule has 0 radical (unpaired) electrons. The minimum absolute atomic E-state index is 0.0437. The maximum absolute atomic E-state index is 13.1. The van der Waals surface area contributed by atoms with E-state index >= 15 is 0 Å². The fourth-order valence-corrected chi connectivity index (χ4v) is 3.67. The van der Waals surface area contributed by atoms with Crippen molar-refractivity contribution in [3.05, 3.63) is 17.5 Å². The molecule has 1 aromatic heterocycles. The molecule has 2 aliphatic rings. The van der Waals surface area contributed by atoms with Crippen LogP contribution < -0.4 is 4.90 Å². The van der Waals surface area contributed by atoms with E-state index in [1.165, 1.54) is 12.8 Å². The number of rotatable bonds is 7. The maximum Gasteiger partial charge on any atom is 0.257 e. The second-order valence-corrected chi connectivity index (χ2v) is 6.96. The second kappa shape index (κ2) is 8.61. The zero-order valence-corrected chi connectivity index (χ0v) is 15.5. The van der Waals surface area contributed by atoms with Crippen molar-refractivity contribution in [1.29, 1.82) is 0 Å². The molecule has 138 valence electrons. The Bertz CT molecular complexity index is 581. The molecule has 2 aliphatic heterocycles. The Morgan fingerprint density at radius 3 is 2.76 bits per heavy atom. The van der Waals surface area contributed by atoms with Gasteiger partial charge in [0, 0.05) is 39.0 Å². The number of amides is 1. The Hall–Kier alpha value is -1.69. The van der Waals surface area contributed by atoms with E-state index in [0.29, 0.717) is 12.1 Å². The van der Waals surface area contributed by atoms with Gasteiger partial charge in [-0.3, -0.25) is 4.79 Å². The molecular weight excluding hydrogens is 316 g/mol. The number of ether oxygens (including phenoxy) is 1. The number of nitrogens with zero attached hydrogens (tertiary/aromatic N) is 4. The lowest BCUT2D eigenvalue weighted by Gasteiger charge is -2.26. The number of aryl methyl sites for hydroxylation is 1. The van der Waals surface area contributed by atoms with Crippen molar-refractivity contribution < 1.29 is 9.53 Å². The monoisotopic (exact) mass is 346 g/mol. The maximum atomic E-state index is 13.1. The number of aromatic nitrogens is 2. The summed E-state index contributed by atoms with van der Waals surface area (Å²) in [5.41, 5.74) is 1.51. The smallest absolute Gasteiger partial charge is 0.257 e. The fourth-order valence-electron chi connectivity index (χ4n) is 3.67. The molecule has 0 saturated carbocycles. The second-order valence-electron chi connectivity index (χ2n) is 6.96. The standard InChI is InChI=1S/C19H30N4O2/c1-3-9-23(14-15-8-7-12-25-15)18(24)16-13-20-19(21-17(16)4-2)22-10-5-6-11-22/h13,15H,3-12,14H2,1-2H3/t15-/m0/s1. The van der Waals surface area contributed by atoms with Gasteiger partial charge in [-0.2, -0.15) is 0 Å². The van der Waals surface area contributed by atoms with Crippen molar-refractivity contribution >= 4 is 11.9 Å². The van der Waals surface area contributed by atoms with Crippen LogP contribution in [-0.2, 0) is 11.2 Å². The van der Waals surface area contributed by atoms with E-state index in [9.17, 15) is 4.79 Å². The minimum atomic E-state index is 0.0437. The summed E-state index contributed by atoms with van der Waals surface area (Å²) in [7, 11) is 0. The molecule has 3 rings (SSSR count). The largest absolute Gasteiger partial charge is 0.376 e. The predicted octanol–water partition coefficient (Wildman–Crippen LogP) is 2.67. The third kappa shape index (κ3) is 4.29. The fraction of sp³-hybridized carbons (Fsp3) is 0.737. The molecule has 2 saturated heterocycles. The Morgan fingerprint density at radius 1 is 1.32 bits per heavy atom. The van der Waals surface area contributed by atoms with Gasteiger partial charge in [-0.05, 0) is 38.5 Å². The number of anilines is 1. The van der Waals surface area contributed by atoms with Crippen molar-refractivity contribution in [3.8, 4) is 0 Å². The SMILES string of the molecule is CCCN(C[C@@H]1CCCO1)C(=O)c1cnc(N2CCCC2)nc1CC. The van der Waals surface area contributed by atoms with Crippen LogP contribution >= 0.6 is 0 Å². The first-order chi connectivity index (χ1) is 12.2. The molecule has 0 spiro atoms. The van der Waals surface area contributed by atoms with E-state index in [1.807, 2.05) is 4.90 Å². The summed E-state index contributed by atoms with van der Waals surface area (Å²) in [5.74, 6) is 0.814. The molecule has 6 nitrogen and oxygen atoms in total. The van der Waals surface area contributed by atoms with Crippen LogP contribution in [0, 0.1) is 0 Å². The lowest BCUT2D eigenvalue weighted by molar-refractivity contribution is 0.0524. The van der Waals surface area contributed by atoms with Gasteiger partial charge < -0.3 is 14.5 Å². The predicted molar refractivity (Wildman–Crippen MR) is 98.0 cm³/mol. The lowest BCUT2D eigenvalue weighted by atomic mass is 10.1. The van der Waals surface area contributed by atoms with Crippen LogP contribution in [0.3, 0.4) is 0 Å². The molecule has 25 heavy (non-hydrogen) atoms. The summed E-state index contributed by atoms with van der Waals surface area (Å²) in [6.45, 7) is 8.40. The zero-order valence-electron chi connectivity index (χ0n) is 15.5. The van der Waals surface area contributed by atoms with Gasteiger partial charge in [-0.15, -0.1) is 0 Å². The average Bonchev–Trinajstić information content (AvgIpc) is 3.34. The number of carbonyl (C=O) groups excluding carboxylic acids is 1. The van der Waals surface area contributed by atoms with Crippen molar-refractivity contribution in [1.82, 2.24) is 14.9 Å². The topological polar surface area (TPSA) is 58.6 Å². The van der Waals surface area contributed by atoms with E-state index in [4.69, 9.17) is 9.72 Å². The summed E-state index contributed by atoms with van der Waals surface area (Å²) in [4.78, 5) is 26.4. The number of hydrogen-bond acceptors (Lipinski definition) is 5. The van der Waals surface area contributed by atoms with E-state index in [0.717, 1.165) is 63.6 Å². The van der Waals surface area contributed by atoms with Crippen LogP contribution in [0.25, 0.3) is 0 Å². The molecule has 3 heterocycles. The summed E-state index contributed by atoms with van der Waals surface area (Å²) < 4.78 is 5.73. The zero-order chi connectivity index (χ0) is 17.6. The molecule has 1 amide bonds. The molecule has 2 fully saturated rings. The lowest BCUT2D eigenvalue weighted by Crippen LogP contribution is -2.38. The summed E-state index contributed by atoms with van der Waals surface area (Å²) in [5, 5.41) is 0. The molecule has 1 aromatic rings. The normalized spacial score (nSPS) is 20.2. The molecular formula is C19H30N4O2. The highest BCUT2D eigenvalue weighted by Gasteiger charge is 2.25. The number of carbonyl (C=O) groups is 1. The van der Waals surface area contributed by atoms with Gasteiger partial charge in [0.25, 0.3) is 5.91 Å². The van der Waals surface area contributed by atoms with E-state index in [2.05, 4.69) is 23.7 Å². The average molecular weight is 346 g/mol. The van der Waals surface area contributed by atoms with Gasteiger partial charge in [0.15, 0.2) is 0 Å². The van der Waals surface area contributed by atoms with Crippen molar-refractivity contribution in [3.63, 3.8) is 0 Å². The van der Waals surface area contributed by atoms with Crippen LogP contribution in [0.5, 0.6) is 0 Å². The van der Waals surface area contributed by atoms with Gasteiger partial charge in [-0.1, -0.05) is 13.8 Å². The van der Waals surface area contributed by atoms with Gasteiger partial charge in [0.05, 0.1) is 17.4 Å². The van der Waals surface area contributed by atoms with E-state index in [1.54, 1.807) is 6.20 Å². The van der Waals surface area contributed by atoms with Crippen molar-refractivity contribution in [2.75, 3.05) is 37.7 Å². The van der Waals surface area contributed by atoms with Crippen molar-refractivity contribution in [2.24, 2.45) is 0 Å². The Kier molecular flexibility index (Phi) is 6.24. The van der Waals surface area contributed by atoms with Gasteiger partial charge in [0.2, 0.25) is 5.95 Å². The molecule has 6 heteroatoms. The van der Waals surface area contributed by atoms with Crippen LogP contribution in [0.4, 0.5) is 5.95 Å². The van der Waals surface area contributed by atoms with E-state index < -0.39 is 0 Å². The molecule has 0 unspecified atom stereocenters. The molecule has 1 atom stereocenters. The number of hydrogen-bond donors (Lipinski definition) is 0. The van der Waals surface area contributed by atoms with Crippen LogP contribution in [0.1, 0.15) is 62.0 Å². The van der Waals surface area contributed by atoms with Gasteiger partial charge in [-0.25, -0.2) is 9.97 Å². The highest BCUT2D eigenvalue weighted by atomic mass is 16.5. The third-order valence-corrected chi connectivity index (χ3v) is 5.04. The summed E-state index contributed by atoms with van der Waals surface area (Å²) >= 11 is 0. The van der Waals surface area contributed by atoms with E-state index in [-0.39, 0.29) is 12.0 Å². The molecule has 0 bridgehead atoms. The molecule has 0 N–H and O–H groups in total. The summed E-state index contributed by atoms with van der Waals surface area (Å²) in [6.07, 6.45) is 8.10. The van der Waals surface area contributed by atoms with Crippen LogP contribution in [0.2, 0.25) is 0 Å². The van der Waals surface area contributed by atoms with Crippen LogP contribution in [0.15, 0.2) is 6.20 Å². The minimum Gasteiger partial charge on any atom is -0.376 e. The van der Waals surface area contributed by atoms with Gasteiger partial charge >= 0.3 is 0 Å². The molecule has 0 aliphatic carbocycles. The highest BCUT2D eigenvalue weighted by Crippen LogP contribution is 2.20. The van der Waals surface area contributed by atoms with Crippen molar-refractivity contribution in [2.45, 2.75) is 58.5 Å². The Balaban J connectivity index is 1.77. The third-order valence-electron chi connectivity index (χ3n) is 5.04. The van der Waals surface area contributed by atoms with Gasteiger partial charge in [0.1, 0.15) is 0 Å². The Morgan fingerprint density at radius 2 is 2.12 bits per heavy atom. The van der Waals surface area contributed by atoms with Crippen LogP contribution in [-0.4, -0.2) is 59.7 Å². The molecule has 0 aromatic carbocycles. The quantitative estimate of drug-likeness (QED) is 0.760.